The van der Waals surface area contributed by atoms with Crippen LogP contribution < -0.4 is 10.2 Å². The summed E-state index contributed by atoms with van der Waals surface area (Å²) in [6.07, 6.45) is 8.29. The third-order valence-electron chi connectivity index (χ3n) is 6.08. The average molecular weight is 449 g/mol. The molecule has 0 saturated carbocycles. The van der Waals surface area contributed by atoms with Gasteiger partial charge in [-0.25, -0.2) is 4.79 Å². The van der Waals surface area contributed by atoms with Crippen molar-refractivity contribution >= 4 is 23.3 Å². The highest BCUT2D eigenvalue weighted by atomic mass is 16.5. The maximum absolute atomic E-state index is 13.5. The van der Waals surface area contributed by atoms with Crippen LogP contribution in [-0.4, -0.2) is 24.0 Å². The Morgan fingerprint density at radius 2 is 1.45 bits per heavy atom. The van der Waals surface area contributed by atoms with Crippen LogP contribution in [0, 0.1) is 0 Å². The summed E-state index contributed by atoms with van der Waals surface area (Å²) in [4.78, 5) is 28.0. The van der Waals surface area contributed by atoms with Gasteiger partial charge in [-0.3, -0.25) is 9.69 Å². The summed E-state index contributed by atoms with van der Waals surface area (Å²) < 4.78 is 5.35. The third-order valence-corrected chi connectivity index (χ3v) is 6.08. The highest BCUT2D eigenvalue weighted by molar-refractivity contribution is 6.16. The van der Waals surface area contributed by atoms with E-state index in [0.717, 1.165) is 44.2 Å². The van der Waals surface area contributed by atoms with E-state index in [1.54, 1.807) is 19.9 Å². The Morgan fingerprint density at radius 3 is 1.97 bits per heavy atom. The maximum Gasteiger partial charge on any atom is 0.336 e. The molecule has 1 aliphatic rings. The van der Waals surface area contributed by atoms with Gasteiger partial charge in [-0.05, 0) is 81.0 Å². The molecule has 1 amide bonds. The molecule has 0 aromatic heterocycles. The average Bonchev–Trinajstić information content (AvgIpc) is 3.08. The molecule has 33 heavy (non-hydrogen) atoms. The van der Waals surface area contributed by atoms with Crippen LogP contribution in [0.3, 0.4) is 0 Å². The first-order chi connectivity index (χ1) is 15.9. The predicted octanol–water partition coefficient (Wildman–Crippen LogP) is 6.04. The monoisotopic (exact) mass is 448 g/mol. The van der Waals surface area contributed by atoms with Gasteiger partial charge in [-0.15, -0.1) is 0 Å². The summed E-state index contributed by atoms with van der Waals surface area (Å²) in [5.41, 5.74) is 3.15. The van der Waals surface area contributed by atoms with E-state index < -0.39 is 11.5 Å². The van der Waals surface area contributed by atoms with Crippen molar-refractivity contribution in [2.75, 3.05) is 16.8 Å². The fraction of sp³-hybridized carbons (Fsp3) is 0.429. The molecule has 1 aliphatic heterocycles. The van der Waals surface area contributed by atoms with E-state index in [2.05, 4.69) is 31.3 Å². The summed E-state index contributed by atoms with van der Waals surface area (Å²) in [6.45, 7) is 8.10. The van der Waals surface area contributed by atoms with Crippen molar-refractivity contribution in [2.45, 2.75) is 71.8 Å². The number of ether oxygens (including phenoxy) is 1. The Balaban J connectivity index is 1.86. The van der Waals surface area contributed by atoms with Crippen LogP contribution >= 0.6 is 0 Å². The number of esters is 1. The summed E-state index contributed by atoms with van der Waals surface area (Å²) in [5, 5.41) is 3.23. The largest absolute Gasteiger partial charge is 0.464 e. The van der Waals surface area contributed by atoms with Crippen molar-refractivity contribution in [3.63, 3.8) is 0 Å². The van der Waals surface area contributed by atoms with Gasteiger partial charge in [0, 0.05) is 11.4 Å². The number of hydrogen-bond donors (Lipinski definition) is 1. The molecule has 0 aliphatic carbocycles. The van der Waals surface area contributed by atoms with Gasteiger partial charge in [0.2, 0.25) is 0 Å². The molecule has 2 aromatic rings. The van der Waals surface area contributed by atoms with Crippen LogP contribution in [-0.2, 0) is 27.2 Å². The van der Waals surface area contributed by atoms with Crippen LogP contribution in [0.2, 0.25) is 0 Å². The number of unbranched alkanes of at least 4 members (excludes halogenated alkanes) is 2. The van der Waals surface area contributed by atoms with Crippen LogP contribution in [0.1, 0.15) is 64.5 Å². The first-order valence-corrected chi connectivity index (χ1v) is 12.1. The third kappa shape index (κ3) is 5.65. The van der Waals surface area contributed by atoms with Crippen molar-refractivity contribution in [1.82, 2.24) is 0 Å². The van der Waals surface area contributed by atoms with E-state index in [1.807, 2.05) is 36.4 Å². The van der Waals surface area contributed by atoms with E-state index >= 15 is 0 Å². The zero-order chi connectivity index (χ0) is 23.8. The second-order valence-electron chi connectivity index (χ2n) is 8.76. The molecule has 0 spiro atoms. The van der Waals surface area contributed by atoms with Crippen molar-refractivity contribution in [2.24, 2.45) is 0 Å². The van der Waals surface area contributed by atoms with Gasteiger partial charge < -0.3 is 10.1 Å². The lowest BCUT2D eigenvalue weighted by Crippen LogP contribution is -2.51. The standard InChI is InChI=1S/C28H36N2O3/c1-5-8-10-21-12-16-23(17-13-21)29-25-20-28(4,27(32)33-7-3)30(26(25)31)24-18-14-22(15-19-24)11-9-6-2/h12-20,29H,5-11H2,1-4H3/t28-/m1/s1. The van der Waals surface area contributed by atoms with Crippen LogP contribution in [0.5, 0.6) is 0 Å². The Hall–Kier alpha value is -3.08. The van der Waals surface area contributed by atoms with Gasteiger partial charge in [-0.1, -0.05) is 51.0 Å². The molecule has 2 aromatic carbocycles. The van der Waals surface area contributed by atoms with Gasteiger partial charge in [0.15, 0.2) is 5.54 Å². The second kappa shape index (κ2) is 11.2. The minimum Gasteiger partial charge on any atom is -0.464 e. The number of hydrogen-bond acceptors (Lipinski definition) is 4. The molecular weight excluding hydrogens is 412 g/mol. The zero-order valence-corrected chi connectivity index (χ0v) is 20.3. The molecular formula is C28H36N2O3. The van der Waals surface area contributed by atoms with Crippen LogP contribution in [0.4, 0.5) is 11.4 Å². The first-order valence-electron chi connectivity index (χ1n) is 12.1. The summed E-state index contributed by atoms with van der Waals surface area (Å²) in [5.74, 6) is -0.693. The topological polar surface area (TPSA) is 58.6 Å². The Morgan fingerprint density at radius 1 is 0.909 bits per heavy atom. The number of rotatable bonds is 11. The molecule has 1 heterocycles. The first kappa shape index (κ1) is 24.6. The number of anilines is 2. The highest BCUT2D eigenvalue weighted by Crippen LogP contribution is 2.35. The quantitative estimate of drug-likeness (QED) is 0.426. The molecule has 5 heteroatoms. The summed E-state index contributed by atoms with van der Waals surface area (Å²) in [7, 11) is 0. The van der Waals surface area contributed by atoms with Gasteiger partial charge in [0.25, 0.3) is 5.91 Å². The minimum absolute atomic E-state index is 0.248. The zero-order valence-electron chi connectivity index (χ0n) is 20.3. The predicted molar refractivity (Wildman–Crippen MR) is 134 cm³/mol. The highest BCUT2D eigenvalue weighted by Gasteiger charge is 2.49. The SMILES string of the molecule is CCCCc1ccc(NC2=C[C@](C)(C(=O)OCC)N(c3ccc(CCCC)cc3)C2=O)cc1. The molecule has 0 unspecified atom stereocenters. The number of carbonyl (C=O) groups is 2. The van der Waals surface area contributed by atoms with Crippen LogP contribution in [0.15, 0.2) is 60.3 Å². The van der Waals surface area contributed by atoms with Crippen molar-refractivity contribution in [3.8, 4) is 0 Å². The lowest BCUT2D eigenvalue weighted by Gasteiger charge is -2.32. The second-order valence-corrected chi connectivity index (χ2v) is 8.76. The summed E-state index contributed by atoms with van der Waals surface area (Å²) >= 11 is 0. The Kier molecular flexibility index (Phi) is 8.32. The van der Waals surface area contributed by atoms with Crippen LogP contribution in [0.25, 0.3) is 0 Å². The molecule has 0 radical (unpaired) electrons. The molecule has 176 valence electrons. The molecule has 5 nitrogen and oxygen atoms in total. The van der Waals surface area contributed by atoms with Gasteiger partial charge in [0.1, 0.15) is 5.70 Å². The number of aryl methyl sites for hydroxylation is 2. The Bertz CT molecular complexity index is 979. The normalized spacial score (nSPS) is 17.8. The number of carbonyl (C=O) groups excluding carboxylic acids is 2. The molecule has 1 N–H and O–H groups in total. The van der Waals surface area contributed by atoms with E-state index in [4.69, 9.17) is 4.74 Å². The van der Waals surface area contributed by atoms with Crippen molar-refractivity contribution in [1.29, 1.82) is 0 Å². The van der Waals surface area contributed by atoms with Crippen molar-refractivity contribution < 1.29 is 14.3 Å². The molecule has 3 rings (SSSR count). The molecule has 0 fully saturated rings. The van der Waals surface area contributed by atoms with E-state index in [9.17, 15) is 9.59 Å². The van der Waals surface area contributed by atoms with Crippen molar-refractivity contribution in [3.05, 3.63) is 71.4 Å². The van der Waals surface area contributed by atoms with Gasteiger partial charge >= 0.3 is 5.97 Å². The summed E-state index contributed by atoms with van der Waals surface area (Å²) in [6, 6.07) is 16.0. The fourth-order valence-electron chi connectivity index (χ4n) is 4.12. The molecule has 1 atom stereocenters. The lowest BCUT2D eigenvalue weighted by molar-refractivity contribution is -0.147. The molecule has 0 saturated heterocycles. The van der Waals surface area contributed by atoms with E-state index in [1.165, 1.54) is 16.0 Å². The lowest BCUT2D eigenvalue weighted by atomic mass is 10.0. The Labute approximate surface area is 197 Å². The maximum atomic E-state index is 13.5. The smallest absolute Gasteiger partial charge is 0.336 e. The molecule has 0 bridgehead atoms. The fourth-order valence-corrected chi connectivity index (χ4v) is 4.12. The number of benzene rings is 2. The minimum atomic E-state index is -1.22. The van der Waals surface area contributed by atoms with Gasteiger partial charge in [-0.2, -0.15) is 0 Å². The number of amides is 1. The van der Waals surface area contributed by atoms with Gasteiger partial charge in [0.05, 0.1) is 6.61 Å². The number of nitrogens with zero attached hydrogens (tertiary/aromatic N) is 1. The van der Waals surface area contributed by atoms with E-state index in [0.29, 0.717) is 11.4 Å². The number of nitrogens with one attached hydrogen (secondary N) is 1. The van der Waals surface area contributed by atoms with E-state index in [-0.39, 0.29) is 12.5 Å².